The zero-order valence-corrected chi connectivity index (χ0v) is 48.5. The summed E-state index contributed by atoms with van der Waals surface area (Å²) in [6.07, 6.45) is 0.512. The number of benzene rings is 4. The first-order valence-corrected chi connectivity index (χ1v) is 29.3. The monoisotopic (exact) mass is 1190 g/mol. The number of carbonyl (C=O) groups excluding carboxylic acids is 3. The lowest BCUT2D eigenvalue weighted by molar-refractivity contribution is -0.141. The summed E-state index contributed by atoms with van der Waals surface area (Å²) < 4.78 is 55.3. The lowest BCUT2D eigenvalue weighted by atomic mass is 9.91. The van der Waals surface area contributed by atoms with E-state index in [4.69, 9.17) is 35.3 Å². The van der Waals surface area contributed by atoms with Crippen LogP contribution >= 0.6 is 22.9 Å². The van der Waals surface area contributed by atoms with E-state index in [1.165, 1.54) is 15.9 Å². The molecule has 3 N–H and O–H groups in total. The summed E-state index contributed by atoms with van der Waals surface area (Å²) in [5.41, 5.74) is 4.98. The summed E-state index contributed by atoms with van der Waals surface area (Å²) in [4.78, 5) is 62.3. The van der Waals surface area contributed by atoms with Crippen molar-refractivity contribution < 1.29 is 52.1 Å². The van der Waals surface area contributed by atoms with Crippen molar-refractivity contribution in [1.82, 2.24) is 40.1 Å². The number of aryl methyl sites for hydroxylation is 1. The minimum Gasteiger partial charge on any atom is -0.508 e. The van der Waals surface area contributed by atoms with E-state index in [0.717, 1.165) is 34.5 Å². The fourth-order valence-corrected chi connectivity index (χ4v) is 12.6. The van der Waals surface area contributed by atoms with E-state index in [9.17, 15) is 34.2 Å². The molecule has 3 amide bonds. The number of phenolic OH excluding ortho intramolecular Hbond substituents is 1. The van der Waals surface area contributed by atoms with Gasteiger partial charge in [0.1, 0.15) is 42.3 Å². The lowest BCUT2D eigenvalue weighted by Gasteiger charge is -2.41. The Morgan fingerprint density at radius 2 is 1.74 bits per heavy atom. The number of piperazine rings is 1. The number of amides is 3. The first-order chi connectivity index (χ1) is 40.5. The molecule has 0 unspecified atom stereocenters. The molecule has 23 heteroatoms. The normalized spacial score (nSPS) is 18.5. The van der Waals surface area contributed by atoms with Crippen molar-refractivity contribution in [2.24, 2.45) is 5.92 Å². The second-order valence-electron chi connectivity index (χ2n) is 21.8. The van der Waals surface area contributed by atoms with Gasteiger partial charge >= 0.3 is 6.01 Å². The first-order valence-electron chi connectivity index (χ1n) is 28.0. The van der Waals surface area contributed by atoms with Crippen molar-refractivity contribution in [2.75, 3.05) is 70.5 Å². The van der Waals surface area contributed by atoms with Crippen LogP contribution in [-0.2, 0) is 19.1 Å². The molecule has 3 aliphatic rings. The van der Waals surface area contributed by atoms with Crippen LogP contribution in [0.4, 0.5) is 14.6 Å². The number of likely N-dealkylation sites (tertiary alicyclic amines) is 2. The Morgan fingerprint density at radius 1 is 0.964 bits per heavy atom. The number of rotatable bonds is 20. The number of anilines is 1. The third-order valence-electron chi connectivity index (χ3n) is 15.8. The SMILES string of the molecule is C=C(F)C(=O)N1CCN(c2nc(OCCN3CCC(OCCOc4cc([C@H](C(=O)N5C[C@H](O)C[C@H]5C(=O)N[C@@H](C)c5ccc(-c6scnc6C)cc5)C(C)C)on4)CC3)nc3c(F)c(-c4cc(O)cc5ccccc45)c(Cl)cc23)C[C@@H]1CC#N. The zero-order chi connectivity index (χ0) is 59.3. The minimum absolute atomic E-state index is 0.00211. The Bertz CT molecular complexity index is 3610. The highest BCUT2D eigenvalue weighted by Gasteiger charge is 2.44. The number of aromatic hydroxyl groups is 1. The number of aliphatic hydroxyl groups excluding tert-OH is 1. The van der Waals surface area contributed by atoms with Gasteiger partial charge in [0.15, 0.2) is 17.4 Å². The molecular formula is C61H65ClF2N10O9S. The topological polar surface area (TPSA) is 233 Å². The number of phenols is 1. The highest BCUT2D eigenvalue weighted by Crippen LogP contribution is 2.43. The fourth-order valence-electron chi connectivity index (χ4n) is 11.5. The first kappa shape index (κ1) is 59.4. The van der Waals surface area contributed by atoms with Crippen LogP contribution < -0.4 is 19.7 Å². The van der Waals surface area contributed by atoms with E-state index in [1.807, 2.05) is 63.5 Å². The molecule has 0 saturated carbocycles. The molecule has 0 spiro atoms. The number of halogens is 3. The summed E-state index contributed by atoms with van der Waals surface area (Å²) in [6, 6.07) is 21.3. The van der Waals surface area contributed by atoms with Gasteiger partial charge in [0, 0.05) is 69.3 Å². The average molecular weight is 1190 g/mol. The molecule has 3 aromatic heterocycles. The maximum absolute atomic E-state index is 17.2. The molecule has 0 radical (unpaired) electrons. The van der Waals surface area contributed by atoms with Crippen LogP contribution in [-0.4, -0.2) is 153 Å². The Labute approximate surface area is 493 Å². The highest BCUT2D eigenvalue weighted by molar-refractivity contribution is 7.13. The van der Waals surface area contributed by atoms with Crippen LogP contribution in [0.3, 0.4) is 0 Å². The molecular weight excluding hydrogens is 1120 g/mol. The third kappa shape index (κ3) is 12.9. The molecule has 0 aliphatic carbocycles. The zero-order valence-electron chi connectivity index (χ0n) is 47.0. The summed E-state index contributed by atoms with van der Waals surface area (Å²) in [6.45, 7) is 13.5. The number of hydrogen-bond donors (Lipinski definition) is 3. The Morgan fingerprint density at radius 3 is 2.46 bits per heavy atom. The van der Waals surface area contributed by atoms with Crippen LogP contribution in [0.1, 0.15) is 75.4 Å². The van der Waals surface area contributed by atoms with Gasteiger partial charge in [0.2, 0.25) is 11.8 Å². The van der Waals surface area contributed by atoms with E-state index in [1.54, 1.807) is 52.6 Å². The number of carbonyl (C=O) groups is 3. The number of β-amino-alcohol motifs (C(OH)–C–C–N with tert-alkyl or cyclic N) is 1. The van der Waals surface area contributed by atoms with Gasteiger partial charge in [-0.2, -0.15) is 15.2 Å². The van der Waals surface area contributed by atoms with Gasteiger partial charge in [0.05, 0.1) is 64.5 Å². The fraction of sp³-hybridized carbons (Fsp3) is 0.410. The predicted octanol–water partition coefficient (Wildman–Crippen LogP) is 9.30. The van der Waals surface area contributed by atoms with Crippen LogP contribution in [0.5, 0.6) is 17.6 Å². The predicted molar refractivity (Wildman–Crippen MR) is 313 cm³/mol. The summed E-state index contributed by atoms with van der Waals surface area (Å²) in [5, 5.41) is 39.9. The van der Waals surface area contributed by atoms with Crippen molar-refractivity contribution >= 4 is 68.2 Å². The van der Waals surface area contributed by atoms with Gasteiger partial charge in [-0.05, 0) is 83.4 Å². The summed E-state index contributed by atoms with van der Waals surface area (Å²) in [5.74, 6) is -3.94. The molecule has 19 nitrogen and oxygen atoms in total. The van der Waals surface area contributed by atoms with E-state index < -0.39 is 41.7 Å². The quantitative estimate of drug-likeness (QED) is 0.0476. The second kappa shape index (κ2) is 26.0. The van der Waals surface area contributed by atoms with Crippen molar-refractivity contribution in [3.63, 3.8) is 0 Å². The largest absolute Gasteiger partial charge is 0.508 e. The molecule has 3 aliphatic heterocycles. The van der Waals surface area contributed by atoms with Gasteiger partial charge in [-0.25, -0.2) is 13.8 Å². The number of hydrogen-bond acceptors (Lipinski definition) is 17. The summed E-state index contributed by atoms with van der Waals surface area (Å²) >= 11 is 8.50. The molecule has 6 heterocycles. The molecule has 84 heavy (non-hydrogen) atoms. The Balaban J connectivity index is 0.730. The van der Waals surface area contributed by atoms with Gasteiger partial charge in [-0.3, -0.25) is 19.3 Å². The molecule has 7 aromatic rings. The standard InChI is InChI=1S/C61H65ClF2N10O9S/c1-34(2)52(60(79)74-32-43(76)28-49(74)58(77)67-36(4)38-10-12-39(13-11-38)56-37(5)66-33-84-56)50-30-51(70-83-50)81-25-24-80-44-15-18-71(19-16-44)22-23-82-61-68-55-47(57(69-61)72-20-21-73(59(78)35(3)63)41(31-72)14-17-65)29-48(62)53(54(55)64)46-27-42(75)26-40-8-6-7-9-45(40)46/h6-13,26-27,29-30,33-34,36,41,43-44,49,52,75-76H,3,14-16,18-25,28,31-32H2,1-2,4-5H3,(H,67,77)/t36-,41-,43+,49-,52+/m0/s1. The number of nitrogens with one attached hydrogen (secondary N) is 1. The highest BCUT2D eigenvalue weighted by atomic mass is 35.5. The second-order valence-corrected chi connectivity index (χ2v) is 23.0. The number of aromatic nitrogens is 4. The molecule has 5 atom stereocenters. The lowest BCUT2D eigenvalue weighted by Crippen LogP contribution is -2.55. The van der Waals surface area contributed by atoms with E-state index in [0.29, 0.717) is 36.0 Å². The number of ether oxygens (including phenoxy) is 3. The third-order valence-corrected chi connectivity index (χ3v) is 17.1. The number of thiazole rings is 1. The molecule has 4 aromatic carbocycles. The van der Waals surface area contributed by atoms with Gasteiger partial charge in [0.25, 0.3) is 11.8 Å². The van der Waals surface area contributed by atoms with Crippen molar-refractivity contribution in [2.45, 2.75) is 89.6 Å². The van der Waals surface area contributed by atoms with E-state index in [-0.39, 0.29) is 139 Å². The van der Waals surface area contributed by atoms with Crippen molar-refractivity contribution in [3.8, 4) is 45.3 Å². The minimum atomic E-state index is -1.14. The number of aliphatic hydroxyl groups is 1. The van der Waals surface area contributed by atoms with Crippen LogP contribution in [0.25, 0.3) is 43.2 Å². The number of nitrogens with zero attached hydrogens (tertiary/aromatic N) is 9. The van der Waals surface area contributed by atoms with Gasteiger partial charge < -0.3 is 49.0 Å². The van der Waals surface area contributed by atoms with E-state index in [2.05, 4.69) is 38.0 Å². The smallest absolute Gasteiger partial charge is 0.319 e. The van der Waals surface area contributed by atoms with Crippen molar-refractivity contribution in [1.29, 1.82) is 5.26 Å². The van der Waals surface area contributed by atoms with Crippen molar-refractivity contribution in [3.05, 3.63) is 119 Å². The Kier molecular flexibility index (Phi) is 18.4. The number of piperidine rings is 1. The number of fused-ring (bicyclic) bond motifs is 2. The Hall–Kier alpha value is -7.81. The van der Waals surface area contributed by atoms with E-state index >= 15 is 4.39 Å². The molecule has 440 valence electrons. The average Bonchev–Trinajstić information content (AvgIpc) is 1.37. The van der Waals surface area contributed by atoms with Gasteiger partial charge in [-0.1, -0.05) is 80.6 Å². The molecule has 0 bridgehead atoms. The van der Waals surface area contributed by atoms with Crippen LogP contribution in [0.2, 0.25) is 5.02 Å². The molecule has 10 rings (SSSR count). The van der Waals surface area contributed by atoms with Crippen LogP contribution in [0, 0.1) is 30.0 Å². The summed E-state index contributed by atoms with van der Waals surface area (Å²) in [7, 11) is 0. The number of nitriles is 1. The maximum atomic E-state index is 17.2. The van der Waals surface area contributed by atoms with Crippen LogP contribution in [0.15, 0.2) is 95.2 Å². The molecule has 3 saturated heterocycles. The maximum Gasteiger partial charge on any atom is 0.319 e. The molecule has 3 fully saturated rings. The van der Waals surface area contributed by atoms with Gasteiger partial charge in [-0.15, -0.1) is 11.3 Å².